The summed E-state index contributed by atoms with van der Waals surface area (Å²) in [4.78, 5) is 0. The molecule has 0 spiro atoms. The van der Waals surface area contributed by atoms with Crippen LogP contribution < -0.4 is 5.32 Å². The standard InChI is InChI=1S/C16H25N/c1-16(2,15-10-4-3-5-11-15)13-17-12-14-8-6-7-9-14/h3-5,10-11,14,17H,6-9,12-13H2,1-2H3. The zero-order chi connectivity index (χ0) is 12.1. The second-order valence-corrected chi connectivity index (χ2v) is 6.03. The molecule has 1 fully saturated rings. The first kappa shape index (κ1) is 12.6. The average molecular weight is 231 g/mol. The lowest BCUT2D eigenvalue weighted by molar-refractivity contribution is 0.422. The topological polar surface area (TPSA) is 12.0 Å². The third-order valence-corrected chi connectivity index (χ3v) is 4.03. The van der Waals surface area contributed by atoms with Crippen molar-refractivity contribution in [3.63, 3.8) is 0 Å². The van der Waals surface area contributed by atoms with Gasteiger partial charge in [-0.2, -0.15) is 0 Å². The molecule has 17 heavy (non-hydrogen) atoms. The van der Waals surface area contributed by atoms with E-state index in [4.69, 9.17) is 0 Å². The van der Waals surface area contributed by atoms with Gasteiger partial charge in [0.25, 0.3) is 0 Å². The Bertz CT molecular complexity index is 323. The highest BCUT2D eigenvalue weighted by Gasteiger charge is 2.21. The molecular weight excluding hydrogens is 206 g/mol. The Kier molecular flexibility index (Phi) is 4.22. The van der Waals surface area contributed by atoms with Gasteiger partial charge >= 0.3 is 0 Å². The van der Waals surface area contributed by atoms with Crippen molar-refractivity contribution in [2.24, 2.45) is 5.92 Å². The fourth-order valence-corrected chi connectivity index (χ4v) is 2.79. The number of benzene rings is 1. The maximum atomic E-state index is 3.67. The molecule has 0 heterocycles. The van der Waals surface area contributed by atoms with Crippen LogP contribution in [0.5, 0.6) is 0 Å². The minimum atomic E-state index is 0.236. The van der Waals surface area contributed by atoms with Gasteiger partial charge in [0.15, 0.2) is 0 Å². The fraction of sp³-hybridized carbons (Fsp3) is 0.625. The van der Waals surface area contributed by atoms with Crippen LogP contribution in [0.25, 0.3) is 0 Å². The predicted octanol–water partition coefficient (Wildman–Crippen LogP) is 3.74. The summed E-state index contributed by atoms with van der Waals surface area (Å²) in [6.07, 6.45) is 5.74. The van der Waals surface area contributed by atoms with Crippen LogP contribution in [0.4, 0.5) is 0 Å². The Labute approximate surface area is 106 Å². The van der Waals surface area contributed by atoms with Crippen molar-refractivity contribution in [2.45, 2.75) is 44.9 Å². The molecule has 0 amide bonds. The molecule has 1 N–H and O–H groups in total. The summed E-state index contributed by atoms with van der Waals surface area (Å²) in [5, 5.41) is 3.67. The molecule has 1 saturated carbocycles. The Morgan fingerprint density at radius 3 is 2.41 bits per heavy atom. The minimum Gasteiger partial charge on any atom is -0.316 e. The van der Waals surface area contributed by atoms with Crippen LogP contribution in [0.3, 0.4) is 0 Å². The fourth-order valence-electron chi connectivity index (χ4n) is 2.79. The molecule has 0 unspecified atom stereocenters. The quantitative estimate of drug-likeness (QED) is 0.814. The third kappa shape index (κ3) is 3.57. The van der Waals surface area contributed by atoms with E-state index < -0.39 is 0 Å². The van der Waals surface area contributed by atoms with Gasteiger partial charge < -0.3 is 5.32 Å². The van der Waals surface area contributed by atoms with Gasteiger partial charge in [-0.1, -0.05) is 57.0 Å². The number of nitrogens with one attached hydrogen (secondary N) is 1. The van der Waals surface area contributed by atoms with Crippen LogP contribution >= 0.6 is 0 Å². The van der Waals surface area contributed by atoms with Crippen molar-refractivity contribution < 1.29 is 0 Å². The predicted molar refractivity (Wildman–Crippen MR) is 74.3 cm³/mol. The molecule has 1 aliphatic rings. The van der Waals surface area contributed by atoms with Crippen molar-refractivity contribution in [1.29, 1.82) is 0 Å². The van der Waals surface area contributed by atoms with Crippen LogP contribution in [-0.2, 0) is 5.41 Å². The van der Waals surface area contributed by atoms with E-state index in [1.807, 2.05) is 0 Å². The van der Waals surface area contributed by atoms with Crippen LogP contribution in [0, 0.1) is 5.92 Å². The van der Waals surface area contributed by atoms with Crippen LogP contribution in [-0.4, -0.2) is 13.1 Å². The highest BCUT2D eigenvalue weighted by atomic mass is 14.9. The smallest absolute Gasteiger partial charge is 0.00432 e. The van der Waals surface area contributed by atoms with Gasteiger partial charge in [-0.25, -0.2) is 0 Å². The van der Waals surface area contributed by atoms with Crippen molar-refractivity contribution in [2.75, 3.05) is 13.1 Å². The lowest BCUT2D eigenvalue weighted by Crippen LogP contribution is -2.35. The normalized spacial score (nSPS) is 17.5. The molecule has 1 nitrogen and oxygen atoms in total. The third-order valence-electron chi connectivity index (χ3n) is 4.03. The first-order chi connectivity index (χ1) is 8.18. The Balaban J connectivity index is 1.80. The molecule has 1 heteroatoms. The van der Waals surface area contributed by atoms with E-state index in [0.29, 0.717) is 0 Å². The van der Waals surface area contributed by atoms with E-state index >= 15 is 0 Å². The molecule has 0 aromatic heterocycles. The Morgan fingerprint density at radius 1 is 1.12 bits per heavy atom. The molecule has 1 aromatic rings. The van der Waals surface area contributed by atoms with E-state index in [-0.39, 0.29) is 5.41 Å². The SMILES string of the molecule is CC(C)(CNCC1CCCC1)c1ccccc1. The highest BCUT2D eigenvalue weighted by molar-refractivity contribution is 5.23. The van der Waals surface area contributed by atoms with Crippen molar-refractivity contribution in [3.05, 3.63) is 35.9 Å². The Morgan fingerprint density at radius 2 is 1.76 bits per heavy atom. The van der Waals surface area contributed by atoms with Gasteiger partial charge in [-0.15, -0.1) is 0 Å². The summed E-state index contributed by atoms with van der Waals surface area (Å²) >= 11 is 0. The maximum Gasteiger partial charge on any atom is 0.00432 e. The van der Waals surface area contributed by atoms with Crippen molar-refractivity contribution in [1.82, 2.24) is 5.32 Å². The molecule has 0 aliphatic heterocycles. The van der Waals surface area contributed by atoms with Gasteiger partial charge in [-0.3, -0.25) is 0 Å². The van der Waals surface area contributed by atoms with E-state index in [2.05, 4.69) is 49.5 Å². The number of hydrogen-bond donors (Lipinski definition) is 1. The summed E-state index contributed by atoms with van der Waals surface area (Å²) in [6, 6.07) is 10.8. The van der Waals surface area contributed by atoms with Gasteiger partial charge in [-0.05, 0) is 30.9 Å². The molecule has 2 rings (SSSR count). The van der Waals surface area contributed by atoms with Crippen molar-refractivity contribution in [3.8, 4) is 0 Å². The number of rotatable bonds is 5. The van der Waals surface area contributed by atoms with Gasteiger partial charge in [0.05, 0.1) is 0 Å². The van der Waals surface area contributed by atoms with Crippen LogP contribution in [0.15, 0.2) is 30.3 Å². The first-order valence-corrected chi connectivity index (χ1v) is 6.95. The van der Waals surface area contributed by atoms with E-state index in [1.54, 1.807) is 0 Å². The number of hydrogen-bond acceptors (Lipinski definition) is 1. The maximum absolute atomic E-state index is 3.67. The van der Waals surface area contributed by atoms with Gasteiger partial charge in [0, 0.05) is 12.0 Å². The summed E-state index contributed by atoms with van der Waals surface area (Å²) in [6.45, 7) is 6.93. The molecule has 0 radical (unpaired) electrons. The Hall–Kier alpha value is -0.820. The summed E-state index contributed by atoms with van der Waals surface area (Å²) in [7, 11) is 0. The molecule has 0 atom stereocenters. The van der Waals surface area contributed by atoms with Gasteiger partial charge in [0.1, 0.15) is 0 Å². The lowest BCUT2D eigenvalue weighted by atomic mass is 9.84. The largest absolute Gasteiger partial charge is 0.316 e. The zero-order valence-corrected chi connectivity index (χ0v) is 11.2. The minimum absolute atomic E-state index is 0.236. The molecule has 94 valence electrons. The first-order valence-electron chi connectivity index (χ1n) is 6.95. The van der Waals surface area contributed by atoms with Crippen LogP contribution in [0.2, 0.25) is 0 Å². The second kappa shape index (κ2) is 5.68. The van der Waals surface area contributed by atoms with Gasteiger partial charge in [0.2, 0.25) is 0 Å². The summed E-state index contributed by atoms with van der Waals surface area (Å²) in [5.41, 5.74) is 1.67. The molecule has 0 saturated heterocycles. The van der Waals surface area contributed by atoms with E-state index in [1.165, 1.54) is 37.8 Å². The summed E-state index contributed by atoms with van der Waals surface area (Å²) < 4.78 is 0. The van der Waals surface area contributed by atoms with E-state index in [0.717, 1.165) is 12.5 Å². The molecule has 1 aliphatic carbocycles. The van der Waals surface area contributed by atoms with Crippen molar-refractivity contribution >= 4 is 0 Å². The summed E-state index contributed by atoms with van der Waals surface area (Å²) in [5.74, 6) is 0.932. The monoisotopic (exact) mass is 231 g/mol. The van der Waals surface area contributed by atoms with Crippen LogP contribution in [0.1, 0.15) is 45.1 Å². The zero-order valence-electron chi connectivity index (χ0n) is 11.2. The lowest BCUT2D eigenvalue weighted by Gasteiger charge is -2.26. The molecule has 1 aromatic carbocycles. The molecule has 0 bridgehead atoms. The second-order valence-electron chi connectivity index (χ2n) is 6.03. The average Bonchev–Trinajstić information content (AvgIpc) is 2.83. The van der Waals surface area contributed by atoms with E-state index in [9.17, 15) is 0 Å². The molecular formula is C16H25N. The highest BCUT2D eigenvalue weighted by Crippen LogP contribution is 2.25.